The highest BCUT2D eigenvalue weighted by molar-refractivity contribution is 5.96. The summed E-state index contributed by atoms with van der Waals surface area (Å²) in [5.74, 6) is 0.214. The maximum absolute atomic E-state index is 14.2. The monoisotopic (exact) mass is 389 g/mol. The van der Waals surface area contributed by atoms with Gasteiger partial charge in [-0.25, -0.2) is 8.78 Å². The Morgan fingerprint density at radius 1 is 1.00 bits per heavy atom. The highest BCUT2D eigenvalue weighted by atomic mass is 19.1. The number of fused-ring (bicyclic) bond motifs is 3. The Morgan fingerprint density at radius 2 is 1.64 bits per heavy atom. The summed E-state index contributed by atoms with van der Waals surface area (Å²) >= 11 is 0. The third-order valence-electron chi connectivity index (χ3n) is 7.19. The van der Waals surface area contributed by atoms with Crippen molar-refractivity contribution in [2.24, 2.45) is 17.8 Å². The highest BCUT2D eigenvalue weighted by Crippen LogP contribution is 2.55. The number of nitrogens with two attached hydrogens (primary N) is 1. The van der Waals surface area contributed by atoms with Gasteiger partial charge in [-0.05, 0) is 55.9 Å². The molecule has 2 unspecified atom stereocenters. The number of hydrogen-bond acceptors (Lipinski definition) is 3. The molecule has 5 rings (SSSR count). The van der Waals surface area contributed by atoms with Crippen LogP contribution in [0.15, 0.2) is 12.1 Å². The number of anilines is 1. The third-order valence-corrected chi connectivity index (χ3v) is 7.19. The lowest BCUT2D eigenvalue weighted by atomic mass is 9.98. The van der Waals surface area contributed by atoms with Crippen molar-refractivity contribution >= 4 is 17.5 Å². The summed E-state index contributed by atoms with van der Waals surface area (Å²) in [5, 5.41) is 0. The van der Waals surface area contributed by atoms with Crippen LogP contribution in [0, 0.1) is 29.4 Å². The van der Waals surface area contributed by atoms with Crippen LogP contribution in [-0.2, 0) is 4.79 Å². The minimum Gasteiger partial charge on any atom is -0.396 e. The number of likely N-dealkylation sites (tertiary alicyclic amines) is 1. The number of benzene rings is 1. The highest BCUT2D eigenvalue weighted by Gasteiger charge is 2.48. The van der Waals surface area contributed by atoms with Crippen LogP contribution in [0.1, 0.15) is 48.9 Å². The molecule has 1 aromatic rings. The smallest absolute Gasteiger partial charge is 0.257 e. The molecule has 7 heteroatoms. The number of hydrogen-bond donors (Lipinski definition) is 1. The van der Waals surface area contributed by atoms with Gasteiger partial charge in [0.2, 0.25) is 5.91 Å². The van der Waals surface area contributed by atoms with Crippen LogP contribution in [0.25, 0.3) is 0 Å². The molecule has 4 fully saturated rings. The summed E-state index contributed by atoms with van der Waals surface area (Å²) in [6, 6.07) is 1.52. The molecule has 4 aliphatic rings. The van der Waals surface area contributed by atoms with Gasteiger partial charge in [0.1, 0.15) is 11.6 Å². The molecule has 2 bridgehead atoms. The summed E-state index contributed by atoms with van der Waals surface area (Å²) in [6.45, 7) is 0.998. The molecular formula is C21H25F2N3O2. The minimum atomic E-state index is -0.894. The first kappa shape index (κ1) is 17.9. The molecule has 0 spiro atoms. The maximum atomic E-state index is 14.2. The van der Waals surface area contributed by atoms with Crippen molar-refractivity contribution in [1.82, 2.24) is 9.80 Å². The predicted molar refractivity (Wildman–Crippen MR) is 99.3 cm³/mol. The average molecular weight is 389 g/mol. The number of nitrogen functional groups attached to an aromatic ring is 1. The Labute approximate surface area is 162 Å². The van der Waals surface area contributed by atoms with Gasteiger partial charge in [0.25, 0.3) is 5.91 Å². The average Bonchev–Trinajstić information content (AvgIpc) is 3.18. The fourth-order valence-corrected chi connectivity index (χ4v) is 5.69. The van der Waals surface area contributed by atoms with E-state index in [9.17, 15) is 18.4 Å². The molecule has 0 aromatic heterocycles. The molecule has 2 aliphatic carbocycles. The molecule has 28 heavy (non-hydrogen) atoms. The van der Waals surface area contributed by atoms with Crippen molar-refractivity contribution in [3.63, 3.8) is 0 Å². The van der Waals surface area contributed by atoms with Crippen LogP contribution in [0.4, 0.5) is 14.5 Å². The summed E-state index contributed by atoms with van der Waals surface area (Å²) in [7, 11) is 0. The second kappa shape index (κ2) is 6.42. The maximum Gasteiger partial charge on any atom is 0.257 e. The number of carbonyl (C=O) groups is 2. The second-order valence-electron chi connectivity index (χ2n) is 9.05. The van der Waals surface area contributed by atoms with E-state index in [0.717, 1.165) is 30.7 Å². The first-order chi connectivity index (χ1) is 13.4. The van der Waals surface area contributed by atoms with Gasteiger partial charge in [0.15, 0.2) is 0 Å². The molecule has 2 N–H and O–H groups in total. The number of rotatable bonds is 3. The van der Waals surface area contributed by atoms with Crippen molar-refractivity contribution in [3.8, 4) is 0 Å². The van der Waals surface area contributed by atoms with Gasteiger partial charge in [-0.3, -0.25) is 9.59 Å². The molecule has 2 aliphatic heterocycles. The largest absolute Gasteiger partial charge is 0.396 e. The van der Waals surface area contributed by atoms with Crippen molar-refractivity contribution in [2.75, 3.05) is 18.8 Å². The summed E-state index contributed by atoms with van der Waals surface area (Å²) in [5.41, 5.74) is 5.10. The van der Waals surface area contributed by atoms with E-state index in [-0.39, 0.29) is 29.2 Å². The van der Waals surface area contributed by atoms with Gasteiger partial charge in [-0.15, -0.1) is 0 Å². The molecule has 2 heterocycles. The van der Waals surface area contributed by atoms with Gasteiger partial charge >= 0.3 is 0 Å². The lowest BCUT2D eigenvalue weighted by Crippen LogP contribution is -2.57. The molecule has 2 saturated heterocycles. The van der Waals surface area contributed by atoms with E-state index >= 15 is 0 Å². The number of piperazine rings is 1. The number of amides is 2. The van der Waals surface area contributed by atoms with E-state index in [4.69, 9.17) is 5.73 Å². The van der Waals surface area contributed by atoms with Gasteiger partial charge in [0, 0.05) is 25.6 Å². The zero-order valence-corrected chi connectivity index (χ0v) is 15.7. The van der Waals surface area contributed by atoms with Crippen molar-refractivity contribution in [3.05, 3.63) is 29.3 Å². The Kier molecular flexibility index (Phi) is 4.10. The summed E-state index contributed by atoms with van der Waals surface area (Å²) in [4.78, 5) is 29.3. The normalized spacial score (nSPS) is 33.1. The zero-order valence-electron chi connectivity index (χ0n) is 15.7. The number of halogens is 2. The van der Waals surface area contributed by atoms with Gasteiger partial charge in [0.05, 0.1) is 23.3 Å². The minimum absolute atomic E-state index is 0.113. The molecule has 4 atom stereocenters. The van der Waals surface area contributed by atoms with Crippen LogP contribution in [0.5, 0.6) is 0 Å². The molecule has 1 aromatic carbocycles. The van der Waals surface area contributed by atoms with Crippen molar-refractivity contribution < 1.29 is 18.4 Å². The van der Waals surface area contributed by atoms with E-state index in [2.05, 4.69) is 0 Å². The van der Waals surface area contributed by atoms with E-state index in [1.165, 1.54) is 19.3 Å². The number of nitrogens with zero attached hydrogens (tertiary/aromatic N) is 2. The first-order valence-electron chi connectivity index (χ1n) is 10.3. The van der Waals surface area contributed by atoms with Crippen LogP contribution in [0.2, 0.25) is 0 Å². The van der Waals surface area contributed by atoms with Crippen LogP contribution >= 0.6 is 0 Å². The van der Waals surface area contributed by atoms with E-state index in [1.807, 2.05) is 4.90 Å². The van der Waals surface area contributed by atoms with Crippen LogP contribution < -0.4 is 5.73 Å². The van der Waals surface area contributed by atoms with Gasteiger partial charge in [-0.1, -0.05) is 0 Å². The molecular weight excluding hydrogens is 364 g/mol. The van der Waals surface area contributed by atoms with Crippen LogP contribution in [-0.4, -0.2) is 46.8 Å². The van der Waals surface area contributed by atoms with E-state index < -0.39 is 17.5 Å². The standard InChI is InChI=1S/C21H25F2N3O2/c22-17-8-18(23)19(24)7-16(17)21(28)26-14-1-2-15(26)10-25(9-14)20(27)5-11-3-12-6-13(12)4-11/h7-8,11-15H,1-6,9-10,24H2/t11?,12?,13?,14-,15+. The summed E-state index contributed by atoms with van der Waals surface area (Å²) in [6.07, 6.45) is 5.93. The number of carbonyl (C=O) groups excluding carboxylic acids is 2. The molecule has 5 nitrogen and oxygen atoms in total. The Bertz CT molecular complexity index is 821. The molecule has 2 amide bonds. The van der Waals surface area contributed by atoms with E-state index in [0.29, 0.717) is 31.5 Å². The fraction of sp³-hybridized carbons (Fsp3) is 0.619. The van der Waals surface area contributed by atoms with Crippen molar-refractivity contribution in [1.29, 1.82) is 0 Å². The van der Waals surface area contributed by atoms with Gasteiger partial charge < -0.3 is 15.5 Å². The van der Waals surface area contributed by atoms with E-state index in [1.54, 1.807) is 4.90 Å². The predicted octanol–water partition coefficient (Wildman–Crippen LogP) is 2.80. The Morgan fingerprint density at radius 3 is 2.29 bits per heavy atom. The summed E-state index contributed by atoms with van der Waals surface area (Å²) < 4.78 is 27.6. The lowest BCUT2D eigenvalue weighted by molar-refractivity contribution is -0.135. The lowest BCUT2D eigenvalue weighted by Gasteiger charge is -2.41. The Hall–Kier alpha value is -2.18. The second-order valence-corrected chi connectivity index (χ2v) is 9.05. The van der Waals surface area contributed by atoms with Crippen LogP contribution in [0.3, 0.4) is 0 Å². The van der Waals surface area contributed by atoms with Gasteiger partial charge in [-0.2, -0.15) is 0 Å². The fourth-order valence-electron chi connectivity index (χ4n) is 5.69. The first-order valence-corrected chi connectivity index (χ1v) is 10.3. The topological polar surface area (TPSA) is 66.6 Å². The zero-order chi connectivity index (χ0) is 19.6. The Balaban J connectivity index is 1.27. The molecule has 2 saturated carbocycles. The molecule has 0 radical (unpaired) electrons. The third kappa shape index (κ3) is 2.95. The quantitative estimate of drug-likeness (QED) is 0.809. The van der Waals surface area contributed by atoms with Crippen molar-refractivity contribution in [2.45, 2.75) is 50.6 Å². The SMILES string of the molecule is Nc1cc(C(=O)N2[C@@H]3CC[C@H]2CN(C(=O)CC2CC4CC4C2)C3)c(F)cc1F. The molecule has 150 valence electrons.